The number of hydrogen-bond acceptors (Lipinski definition) is 2. The summed E-state index contributed by atoms with van der Waals surface area (Å²) >= 11 is 0. The first-order valence-electron chi connectivity index (χ1n) is 6.49. The molecular weight excluding hydrogens is 222 g/mol. The fourth-order valence-electron chi connectivity index (χ4n) is 2.39. The first kappa shape index (κ1) is 13.1. The summed E-state index contributed by atoms with van der Waals surface area (Å²) in [6, 6.07) is 8.48. The van der Waals surface area contributed by atoms with Crippen LogP contribution in [0, 0.1) is 6.92 Å². The highest BCUT2D eigenvalue weighted by molar-refractivity contribution is 5.84. The van der Waals surface area contributed by atoms with Crippen LogP contribution in [0.3, 0.4) is 0 Å². The number of aromatic nitrogens is 1. The van der Waals surface area contributed by atoms with Gasteiger partial charge in [0.15, 0.2) is 0 Å². The highest BCUT2D eigenvalue weighted by Gasteiger charge is 2.17. The Balaban J connectivity index is 2.19. The monoisotopic (exact) mass is 245 g/mol. The van der Waals surface area contributed by atoms with E-state index in [0.29, 0.717) is 0 Å². The van der Waals surface area contributed by atoms with Crippen molar-refractivity contribution in [2.45, 2.75) is 32.9 Å². The van der Waals surface area contributed by atoms with E-state index in [9.17, 15) is 0 Å². The van der Waals surface area contributed by atoms with Gasteiger partial charge in [-0.3, -0.25) is 0 Å². The first-order valence-corrected chi connectivity index (χ1v) is 6.49. The summed E-state index contributed by atoms with van der Waals surface area (Å²) in [5.74, 6) is 0. The second-order valence-corrected chi connectivity index (χ2v) is 5.54. The molecule has 0 atom stereocenters. The minimum atomic E-state index is 0.0968. The van der Waals surface area contributed by atoms with Crippen LogP contribution in [0.2, 0.25) is 0 Å². The van der Waals surface area contributed by atoms with Gasteiger partial charge in [0.25, 0.3) is 0 Å². The molecule has 3 nitrogen and oxygen atoms in total. The Bertz CT molecular complexity index is 526. The van der Waals surface area contributed by atoms with Crippen molar-refractivity contribution in [1.82, 2.24) is 15.6 Å². The number of aryl methyl sites for hydroxylation is 1. The predicted octanol–water partition coefficient (Wildman–Crippen LogP) is 2.56. The van der Waals surface area contributed by atoms with E-state index in [4.69, 9.17) is 0 Å². The number of para-hydroxylation sites is 1. The molecule has 0 fully saturated rings. The lowest BCUT2D eigenvalue weighted by Crippen LogP contribution is -2.46. The predicted molar refractivity (Wildman–Crippen MR) is 77.9 cm³/mol. The minimum absolute atomic E-state index is 0.0968. The second-order valence-electron chi connectivity index (χ2n) is 5.54. The molecule has 0 spiro atoms. The van der Waals surface area contributed by atoms with E-state index < -0.39 is 0 Å². The highest BCUT2D eigenvalue weighted by atomic mass is 15.0. The molecule has 98 valence electrons. The zero-order valence-electron chi connectivity index (χ0n) is 11.7. The topological polar surface area (TPSA) is 39.8 Å². The number of rotatable bonds is 5. The maximum Gasteiger partial charge on any atom is 0.0459 e. The zero-order valence-corrected chi connectivity index (χ0v) is 11.7. The molecular formula is C15H23N3. The maximum atomic E-state index is 3.61. The van der Waals surface area contributed by atoms with E-state index in [1.165, 1.54) is 22.2 Å². The highest BCUT2D eigenvalue weighted by Crippen LogP contribution is 2.22. The number of nitrogens with one attached hydrogen (secondary N) is 3. The van der Waals surface area contributed by atoms with Crippen molar-refractivity contribution in [2.75, 3.05) is 13.6 Å². The molecule has 0 aliphatic heterocycles. The van der Waals surface area contributed by atoms with Gasteiger partial charge in [0.05, 0.1) is 0 Å². The lowest BCUT2D eigenvalue weighted by Gasteiger charge is -2.26. The van der Waals surface area contributed by atoms with Crippen LogP contribution in [0.25, 0.3) is 10.9 Å². The van der Waals surface area contributed by atoms with Crippen LogP contribution in [0.15, 0.2) is 24.3 Å². The van der Waals surface area contributed by atoms with Gasteiger partial charge in [-0.1, -0.05) is 18.2 Å². The van der Waals surface area contributed by atoms with Gasteiger partial charge in [-0.25, -0.2) is 0 Å². The number of H-pyrrole nitrogens is 1. The number of benzene rings is 1. The van der Waals surface area contributed by atoms with E-state index in [1.54, 1.807) is 0 Å². The molecule has 0 aliphatic carbocycles. The molecule has 1 aromatic heterocycles. The van der Waals surface area contributed by atoms with Crippen molar-refractivity contribution in [3.8, 4) is 0 Å². The van der Waals surface area contributed by atoms with Crippen LogP contribution < -0.4 is 10.6 Å². The molecule has 0 saturated carbocycles. The summed E-state index contributed by atoms with van der Waals surface area (Å²) in [5, 5.41) is 8.15. The molecule has 2 rings (SSSR count). The summed E-state index contributed by atoms with van der Waals surface area (Å²) in [6.45, 7) is 8.42. The van der Waals surface area contributed by atoms with Gasteiger partial charge in [-0.2, -0.15) is 0 Å². The molecule has 18 heavy (non-hydrogen) atoms. The number of likely N-dealkylation sites (N-methyl/N-ethyl adjacent to an activating group) is 1. The molecule has 2 aromatic rings. The molecule has 1 aromatic carbocycles. The molecule has 1 heterocycles. The Kier molecular flexibility index (Phi) is 3.73. The van der Waals surface area contributed by atoms with Crippen LogP contribution in [0.5, 0.6) is 0 Å². The third kappa shape index (κ3) is 2.74. The average molecular weight is 245 g/mol. The van der Waals surface area contributed by atoms with Gasteiger partial charge in [-0.05, 0) is 39.4 Å². The Morgan fingerprint density at radius 1 is 1.22 bits per heavy atom. The van der Waals surface area contributed by atoms with E-state index in [-0.39, 0.29) is 5.54 Å². The van der Waals surface area contributed by atoms with Crippen molar-refractivity contribution in [2.24, 2.45) is 0 Å². The van der Waals surface area contributed by atoms with Crippen molar-refractivity contribution in [1.29, 1.82) is 0 Å². The van der Waals surface area contributed by atoms with Gasteiger partial charge in [0.1, 0.15) is 0 Å². The van der Waals surface area contributed by atoms with Gasteiger partial charge in [0.2, 0.25) is 0 Å². The molecule has 0 aliphatic rings. The first-order chi connectivity index (χ1) is 8.53. The van der Waals surface area contributed by atoms with Crippen LogP contribution in [0.4, 0.5) is 0 Å². The van der Waals surface area contributed by atoms with Gasteiger partial charge < -0.3 is 15.6 Å². The molecule has 0 saturated heterocycles. The average Bonchev–Trinajstić information content (AvgIpc) is 2.62. The van der Waals surface area contributed by atoms with Gasteiger partial charge >= 0.3 is 0 Å². The quantitative estimate of drug-likeness (QED) is 0.757. The van der Waals surface area contributed by atoms with E-state index >= 15 is 0 Å². The maximum absolute atomic E-state index is 3.61. The lowest BCUT2D eigenvalue weighted by molar-refractivity contribution is 0.374. The Hall–Kier alpha value is -1.32. The summed E-state index contributed by atoms with van der Waals surface area (Å²) in [6.07, 6.45) is 0. The molecule has 3 N–H and O–H groups in total. The number of fused-ring (bicyclic) bond motifs is 1. The molecule has 3 heteroatoms. The number of hydrogen-bond donors (Lipinski definition) is 3. The molecule has 0 radical (unpaired) electrons. The van der Waals surface area contributed by atoms with Crippen molar-refractivity contribution < 1.29 is 0 Å². The van der Waals surface area contributed by atoms with Crippen molar-refractivity contribution in [3.63, 3.8) is 0 Å². The standard InChI is InChI=1S/C15H23N3/c1-11-13(9-17-15(2,3)10-16-4)12-7-5-6-8-14(12)18-11/h5-8,16-18H,9-10H2,1-4H3. The summed E-state index contributed by atoms with van der Waals surface area (Å²) in [5.41, 5.74) is 3.94. The zero-order chi connectivity index (χ0) is 13.2. The van der Waals surface area contributed by atoms with Crippen LogP contribution >= 0.6 is 0 Å². The van der Waals surface area contributed by atoms with Crippen LogP contribution in [-0.4, -0.2) is 24.1 Å². The summed E-state index contributed by atoms with van der Waals surface area (Å²) in [4.78, 5) is 3.44. The largest absolute Gasteiger partial charge is 0.358 e. The van der Waals surface area contributed by atoms with E-state index in [2.05, 4.69) is 60.7 Å². The van der Waals surface area contributed by atoms with Crippen LogP contribution in [-0.2, 0) is 6.54 Å². The van der Waals surface area contributed by atoms with Crippen molar-refractivity contribution >= 4 is 10.9 Å². The van der Waals surface area contributed by atoms with Crippen LogP contribution in [0.1, 0.15) is 25.1 Å². The normalized spacial score (nSPS) is 12.2. The van der Waals surface area contributed by atoms with Gasteiger partial charge in [0, 0.05) is 35.2 Å². The number of aromatic amines is 1. The smallest absolute Gasteiger partial charge is 0.0459 e. The van der Waals surface area contributed by atoms with E-state index in [1.807, 2.05) is 7.05 Å². The molecule has 0 unspecified atom stereocenters. The molecule has 0 bridgehead atoms. The Morgan fingerprint density at radius 2 is 1.94 bits per heavy atom. The third-order valence-corrected chi connectivity index (χ3v) is 3.39. The summed E-state index contributed by atoms with van der Waals surface area (Å²) in [7, 11) is 1.99. The molecule has 0 amide bonds. The third-order valence-electron chi connectivity index (χ3n) is 3.39. The Morgan fingerprint density at radius 3 is 2.67 bits per heavy atom. The SMILES string of the molecule is CNCC(C)(C)NCc1c(C)[nH]c2ccccc12. The lowest BCUT2D eigenvalue weighted by atomic mass is 10.0. The van der Waals surface area contributed by atoms with E-state index in [0.717, 1.165) is 13.1 Å². The fraction of sp³-hybridized carbons (Fsp3) is 0.467. The summed E-state index contributed by atoms with van der Waals surface area (Å²) < 4.78 is 0. The minimum Gasteiger partial charge on any atom is -0.358 e. The van der Waals surface area contributed by atoms with Gasteiger partial charge in [-0.15, -0.1) is 0 Å². The Labute approximate surface area is 109 Å². The second kappa shape index (κ2) is 5.12. The van der Waals surface area contributed by atoms with Crippen molar-refractivity contribution in [3.05, 3.63) is 35.5 Å². The fourth-order valence-corrected chi connectivity index (χ4v) is 2.39.